The smallest absolute Gasteiger partial charge is 0.272 e. The van der Waals surface area contributed by atoms with Crippen molar-refractivity contribution in [2.75, 3.05) is 32.0 Å². The summed E-state index contributed by atoms with van der Waals surface area (Å²) in [5, 5.41) is 2.05. The highest BCUT2D eigenvalue weighted by Crippen LogP contribution is 2.36. The molecule has 1 fully saturated rings. The van der Waals surface area contributed by atoms with E-state index in [2.05, 4.69) is 38.8 Å². The molecule has 2 aromatic rings. The van der Waals surface area contributed by atoms with Gasteiger partial charge in [-0.05, 0) is 39.0 Å². The van der Waals surface area contributed by atoms with Gasteiger partial charge in [-0.25, -0.2) is 12.7 Å². The van der Waals surface area contributed by atoms with E-state index in [1.165, 1.54) is 0 Å². The summed E-state index contributed by atoms with van der Waals surface area (Å²) in [7, 11) is -5.21. The zero-order valence-corrected chi connectivity index (χ0v) is 24.6. The van der Waals surface area contributed by atoms with Crippen molar-refractivity contribution < 1.29 is 17.6 Å². The molecule has 1 saturated heterocycles. The van der Waals surface area contributed by atoms with Gasteiger partial charge in [0.25, 0.3) is 5.91 Å². The number of sulfonamides is 1. The molecular formula is C27H43N3O4SSi-. The monoisotopic (exact) mass is 533 g/mol. The van der Waals surface area contributed by atoms with Crippen molar-refractivity contribution >= 4 is 35.0 Å². The lowest BCUT2D eigenvalue weighted by Crippen LogP contribution is -2.51. The number of pyridine rings is 1. The van der Waals surface area contributed by atoms with Gasteiger partial charge in [0.05, 0.1) is 5.75 Å². The molecule has 36 heavy (non-hydrogen) atoms. The number of piperidine rings is 1. The molecule has 3 rings (SSSR count). The maximum atomic E-state index is 13.7. The fraction of sp³-hybridized carbons (Fsp3) is 0.630. The maximum Gasteiger partial charge on any atom is 0.272 e. The number of nitrogens with zero attached hydrogens (tertiary/aromatic N) is 3. The minimum absolute atomic E-state index is 0.0496. The lowest BCUT2D eigenvalue weighted by atomic mass is 10.0. The van der Waals surface area contributed by atoms with Crippen LogP contribution in [0, 0.1) is 0 Å². The topological polar surface area (TPSA) is 79.8 Å². The Balaban J connectivity index is 1.78. The molecule has 1 aromatic heterocycles. The molecule has 0 unspecified atom stereocenters. The van der Waals surface area contributed by atoms with Crippen molar-refractivity contribution in [3.05, 3.63) is 42.2 Å². The van der Waals surface area contributed by atoms with Gasteiger partial charge in [-0.3, -0.25) is 9.78 Å². The molecule has 201 valence electrons. The largest absolute Gasteiger partial charge is 0.563 e. The van der Waals surface area contributed by atoms with Crippen LogP contribution in [-0.2, 0) is 14.4 Å². The van der Waals surface area contributed by atoms with Crippen LogP contribution in [-0.4, -0.2) is 74.9 Å². The number of hydrogen-bond donors (Lipinski definition) is 0. The molecule has 0 N–H and O–H groups in total. The van der Waals surface area contributed by atoms with E-state index in [1.54, 1.807) is 10.5 Å². The number of carbonyl (C=O) groups is 1. The van der Waals surface area contributed by atoms with Crippen LogP contribution in [0.25, 0.3) is 10.8 Å². The van der Waals surface area contributed by atoms with E-state index in [4.69, 9.17) is 4.43 Å². The molecule has 1 amide bonds. The van der Waals surface area contributed by atoms with Gasteiger partial charge in [-0.2, -0.15) is 0 Å². The van der Waals surface area contributed by atoms with E-state index in [9.17, 15) is 13.2 Å². The summed E-state index contributed by atoms with van der Waals surface area (Å²) in [6.07, 6.45) is 4.50. The van der Waals surface area contributed by atoms with Gasteiger partial charge in [0.2, 0.25) is 10.0 Å². The third-order valence-electron chi connectivity index (χ3n) is 7.73. The molecular weight excluding hydrogens is 490 g/mol. The minimum Gasteiger partial charge on any atom is -0.563 e. The van der Waals surface area contributed by atoms with E-state index < -0.39 is 18.3 Å². The van der Waals surface area contributed by atoms with Gasteiger partial charge in [0.1, 0.15) is 5.69 Å². The fourth-order valence-electron chi connectivity index (χ4n) is 4.30. The normalized spacial score (nSPS) is 16.4. The molecule has 0 spiro atoms. The first-order valence-corrected chi connectivity index (χ1v) is 17.6. The second-order valence-electron chi connectivity index (χ2n) is 11.3. The standard InChI is InChI=1S/C27H43N3O4SSi/c1-7-8-19-35(32,33)29-15-13-24(14-16-29)30(17-18-34-36(5,6)27(2,3)4)26(31)25-20-22-11-9-10-12-23(22)21-28-25/h9-12,20-21,24H,7-8,13-19H2,1-6H3/q-1. The predicted octanol–water partition coefficient (Wildman–Crippen LogP) is 5.29. The van der Waals surface area contributed by atoms with E-state index in [1.807, 2.05) is 42.2 Å². The summed E-state index contributed by atoms with van der Waals surface area (Å²) >= 11 is 0. The zero-order valence-electron chi connectivity index (χ0n) is 22.8. The first-order chi connectivity index (χ1) is 16.9. The van der Waals surface area contributed by atoms with Gasteiger partial charge < -0.3 is 9.33 Å². The molecule has 1 aliphatic heterocycles. The second-order valence-corrected chi connectivity index (χ2v) is 18.2. The van der Waals surface area contributed by atoms with Crippen molar-refractivity contribution in [2.24, 2.45) is 0 Å². The lowest BCUT2D eigenvalue weighted by Gasteiger charge is -2.49. The minimum atomic E-state index is -3.25. The van der Waals surface area contributed by atoms with Crippen molar-refractivity contribution in [3.63, 3.8) is 0 Å². The summed E-state index contributed by atoms with van der Waals surface area (Å²) in [5.74, 6) is 0.0740. The highest BCUT2D eigenvalue weighted by molar-refractivity contribution is 7.89. The van der Waals surface area contributed by atoms with Crippen molar-refractivity contribution in [1.82, 2.24) is 14.2 Å². The SMILES string of the molecule is CCCCS(=O)(=O)N1CCC(N(CCO[Si-](C)(C)C(C)(C)C)C(=O)c2cc3ccccc3cn2)CC1. The van der Waals surface area contributed by atoms with E-state index in [0.717, 1.165) is 17.2 Å². The third kappa shape index (κ3) is 6.94. The second kappa shape index (κ2) is 11.7. The molecule has 0 atom stereocenters. The number of carbonyl (C=O) groups excluding carboxylic acids is 1. The summed E-state index contributed by atoms with van der Waals surface area (Å²) in [5.41, 5.74) is 0.416. The molecule has 9 heteroatoms. The molecule has 0 aliphatic carbocycles. The van der Waals surface area contributed by atoms with Gasteiger partial charge in [-0.1, -0.05) is 58.4 Å². The first-order valence-electron chi connectivity index (χ1n) is 13.1. The van der Waals surface area contributed by atoms with Crippen molar-refractivity contribution in [3.8, 4) is 0 Å². The number of benzene rings is 1. The number of unbranched alkanes of at least 4 members (excludes halogenated alkanes) is 1. The number of aromatic nitrogens is 1. The Morgan fingerprint density at radius 2 is 1.81 bits per heavy atom. The highest BCUT2D eigenvalue weighted by atomic mass is 32.2. The molecule has 1 aliphatic rings. The quantitative estimate of drug-likeness (QED) is 0.388. The van der Waals surface area contributed by atoms with Crippen LogP contribution in [0.2, 0.25) is 18.1 Å². The fourth-order valence-corrected chi connectivity index (χ4v) is 7.01. The summed E-state index contributed by atoms with van der Waals surface area (Å²) in [4.78, 5) is 20.1. The molecule has 0 bridgehead atoms. The van der Waals surface area contributed by atoms with Crippen LogP contribution in [0.5, 0.6) is 0 Å². The Morgan fingerprint density at radius 1 is 1.17 bits per heavy atom. The molecule has 7 nitrogen and oxygen atoms in total. The van der Waals surface area contributed by atoms with E-state index in [-0.39, 0.29) is 22.7 Å². The van der Waals surface area contributed by atoms with Crippen LogP contribution in [0.4, 0.5) is 0 Å². The van der Waals surface area contributed by atoms with E-state index in [0.29, 0.717) is 51.2 Å². The van der Waals surface area contributed by atoms with Crippen LogP contribution in [0.15, 0.2) is 36.5 Å². The Bertz CT molecular complexity index is 1140. The van der Waals surface area contributed by atoms with Crippen LogP contribution < -0.4 is 0 Å². The Morgan fingerprint density at radius 3 is 2.42 bits per heavy atom. The van der Waals surface area contributed by atoms with Crippen LogP contribution >= 0.6 is 0 Å². The summed E-state index contributed by atoms with van der Waals surface area (Å²) in [6, 6.07) is 9.68. The average Bonchev–Trinajstić information content (AvgIpc) is 2.84. The highest BCUT2D eigenvalue weighted by Gasteiger charge is 2.33. The summed E-state index contributed by atoms with van der Waals surface area (Å²) in [6.45, 7) is 14.8. The van der Waals surface area contributed by atoms with Gasteiger partial charge >= 0.3 is 0 Å². The number of amides is 1. The van der Waals surface area contributed by atoms with Crippen LogP contribution in [0.3, 0.4) is 0 Å². The summed E-state index contributed by atoms with van der Waals surface area (Å²) < 4.78 is 33.4. The first kappa shape index (κ1) is 28.8. The maximum absolute atomic E-state index is 13.7. The number of rotatable bonds is 10. The van der Waals surface area contributed by atoms with E-state index >= 15 is 0 Å². The predicted molar refractivity (Wildman–Crippen MR) is 149 cm³/mol. The van der Waals surface area contributed by atoms with Gasteiger partial charge in [0, 0.05) is 43.9 Å². The molecule has 2 heterocycles. The Hall–Kier alpha value is -1.81. The van der Waals surface area contributed by atoms with Crippen molar-refractivity contribution in [1.29, 1.82) is 0 Å². The zero-order chi connectivity index (χ0) is 26.6. The Labute approximate surface area is 218 Å². The number of fused-ring (bicyclic) bond motifs is 1. The average molecular weight is 534 g/mol. The van der Waals surface area contributed by atoms with Crippen molar-refractivity contribution in [2.45, 2.75) is 77.6 Å². The van der Waals surface area contributed by atoms with Crippen LogP contribution in [0.1, 0.15) is 63.9 Å². The van der Waals surface area contributed by atoms with Gasteiger partial charge in [-0.15, -0.1) is 18.1 Å². The molecule has 0 radical (unpaired) electrons. The third-order valence-corrected chi connectivity index (χ3v) is 14.2. The Kier molecular flexibility index (Phi) is 9.35. The molecule has 0 saturated carbocycles. The number of hydrogen-bond acceptors (Lipinski definition) is 5. The van der Waals surface area contributed by atoms with Gasteiger partial charge in [0.15, 0.2) is 0 Å². The molecule has 1 aromatic carbocycles. The lowest BCUT2D eigenvalue weighted by molar-refractivity contribution is 0.0567.